The fourth-order valence-corrected chi connectivity index (χ4v) is 8.12. The number of rotatable bonds is 10. The molecule has 1 aromatic rings. The highest BCUT2D eigenvalue weighted by atomic mass is 17.2. The lowest BCUT2D eigenvalue weighted by Gasteiger charge is -2.37. The summed E-state index contributed by atoms with van der Waals surface area (Å²) in [7, 11) is 0. The molecule has 2 fully saturated rings. The lowest BCUT2D eigenvalue weighted by Crippen LogP contribution is -2.39. The van der Waals surface area contributed by atoms with Crippen molar-refractivity contribution < 1.29 is 28.9 Å². The minimum Gasteiger partial charge on any atom is -0.458 e. The number of hydrogen-bond acceptors (Lipinski definition) is 8. The minimum absolute atomic E-state index is 0.0380. The number of aromatic nitrogens is 1. The first-order chi connectivity index (χ1) is 21.7. The zero-order chi connectivity index (χ0) is 33.9. The van der Waals surface area contributed by atoms with Crippen LogP contribution in [0.15, 0.2) is 21.8 Å². The number of H-pyrrole nitrogens is 1. The highest BCUT2D eigenvalue weighted by Gasteiger charge is 2.38. The average molecular weight is 641 g/mol. The van der Waals surface area contributed by atoms with E-state index in [9.17, 15) is 9.59 Å². The number of carbonyl (C=O) groups is 2. The van der Waals surface area contributed by atoms with Crippen LogP contribution in [0.4, 0.5) is 5.82 Å². The molecule has 3 aliphatic rings. The van der Waals surface area contributed by atoms with Crippen LogP contribution in [0.25, 0.3) is 5.57 Å². The van der Waals surface area contributed by atoms with Crippen molar-refractivity contribution in [2.45, 2.75) is 121 Å². The van der Waals surface area contributed by atoms with Gasteiger partial charge in [-0.2, -0.15) is 0 Å². The largest absolute Gasteiger partial charge is 0.458 e. The number of allylic oxidation sites excluding steroid dienone is 2. The molecule has 4 rings (SSSR count). The van der Waals surface area contributed by atoms with Crippen molar-refractivity contribution in [3.05, 3.63) is 33.7 Å². The van der Waals surface area contributed by atoms with Crippen molar-refractivity contribution in [3.63, 3.8) is 0 Å². The molecule has 4 atom stereocenters. The molecular weight excluding hydrogens is 584 g/mol. The number of esters is 1. The number of amides is 1. The highest BCUT2D eigenvalue weighted by Crippen LogP contribution is 2.39. The molecule has 10 heteroatoms. The van der Waals surface area contributed by atoms with Crippen molar-refractivity contribution in [1.82, 2.24) is 10.3 Å². The molecule has 1 amide bonds. The smallest absolute Gasteiger partial charge is 0.342 e. The monoisotopic (exact) mass is 640 g/mol. The number of nitrogens with zero attached hydrogens (tertiary/aromatic N) is 1. The summed E-state index contributed by atoms with van der Waals surface area (Å²) >= 11 is 0. The molecule has 256 valence electrons. The minimum atomic E-state index is -0.459. The van der Waals surface area contributed by atoms with E-state index in [1.165, 1.54) is 6.92 Å². The van der Waals surface area contributed by atoms with Gasteiger partial charge in [0.15, 0.2) is 0 Å². The van der Waals surface area contributed by atoms with E-state index in [0.717, 1.165) is 48.1 Å². The maximum Gasteiger partial charge on any atom is 0.342 e. The van der Waals surface area contributed by atoms with Crippen molar-refractivity contribution >= 4 is 29.1 Å². The predicted octanol–water partition coefficient (Wildman–Crippen LogP) is 7.42. The Labute approximate surface area is 275 Å². The fourth-order valence-electron chi connectivity index (χ4n) is 8.12. The lowest BCUT2D eigenvalue weighted by molar-refractivity contribution is -0.354. The number of hydrogen-bond donors (Lipinski definition) is 3. The van der Waals surface area contributed by atoms with Gasteiger partial charge in [0, 0.05) is 18.2 Å². The van der Waals surface area contributed by atoms with Crippen molar-refractivity contribution in [3.8, 4) is 0 Å². The molecular formula is C36H56N4O6. The Morgan fingerprint density at radius 3 is 2.00 bits per heavy atom. The summed E-state index contributed by atoms with van der Waals surface area (Å²) in [5.41, 5.74) is 7.99. The summed E-state index contributed by atoms with van der Waals surface area (Å²) in [6, 6.07) is 0. The second-order valence-electron chi connectivity index (χ2n) is 14.4. The van der Waals surface area contributed by atoms with Crippen LogP contribution in [0, 0.1) is 42.4 Å². The Bertz CT molecular complexity index is 1350. The number of ether oxygens (including phenoxy) is 1. The van der Waals surface area contributed by atoms with E-state index in [2.05, 4.69) is 57.3 Å². The molecule has 46 heavy (non-hydrogen) atoms. The van der Waals surface area contributed by atoms with Gasteiger partial charge in [0.2, 0.25) is 5.91 Å². The molecule has 4 unspecified atom stereocenters. The van der Waals surface area contributed by atoms with Gasteiger partial charge in [-0.05, 0) is 106 Å². The van der Waals surface area contributed by atoms with Gasteiger partial charge in [-0.3, -0.25) is 15.1 Å². The summed E-state index contributed by atoms with van der Waals surface area (Å²) in [6.07, 6.45) is 4.11. The number of aromatic amines is 1. The average Bonchev–Trinajstić information content (AvgIpc) is 3.45. The van der Waals surface area contributed by atoms with Crippen LogP contribution in [-0.4, -0.2) is 41.5 Å². The van der Waals surface area contributed by atoms with E-state index in [4.69, 9.17) is 24.3 Å². The standard InChI is InChI=1S/C36H56N4O6/c1-12-43-40-34-28(17-44-46-33-22(6)15-19(3)16-23(33)7)24(8)30(38-34)26(10)31-25(9)29(35(39-31)37-27(11)41)36(42)45-32-20(4)13-18(2)14-21(32)5/h18-23,32-33,38,40H,12-17H2,1-11H3,(H,37,39,41). The Kier molecular flexibility index (Phi) is 11.9. The highest BCUT2D eigenvalue weighted by molar-refractivity contribution is 6.25. The first-order valence-corrected chi connectivity index (χ1v) is 17.1. The Morgan fingerprint density at radius 1 is 0.891 bits per heavy atom. The second kappa shape index (κ2) is 15.3. The van der Waals surface area contributed by atoms with Crippen LogP contribution in [0.3, 0.4) is 0 Å². The SMILES string of the molecule is CCONc1[nH]c(C(C)=C2N=C(NC(C)=O)C(C(=O)OC3C(C)CC(C)CC3C)=C2C)c(C)c1COOC1C(C)CC(C)CC1C. The topological polar surface area (TPSA) is 123 Å². The van der Waals surface area contributed by atoms with Gasteiger partial charge in [0.25, 0.3) is 0 Å². The summed E-state index contributed by atoms with van der Waals surface area (Å²) in [5.74, 6) is 2.72. The van der Waals surface area contributed by atoms with Gasteiger partial charge in [0.1, 0.15) is 29.9 Å². The number of carbonyl (C=O) groups excluding carboxylic acids is 2. The van der Waals surface area contributed by atoms with Crippen molar-refractivity contribution in [2.75, 3.05) is 12.1 Å². The van der Waals surface area contributed by atoms with Gasteiger partial charge < -0.3 is 15.0 Å². The van der Waals surface area contributed by atoms with Crippen molar-refractivity contribution in [1.29, 1.82) is 0 Å². The summed E-state index contributed by atoms with van der Waals surface area (Å²) < 4.78 is 6.15. The normalized spacial score (nSPS) is 31.1. The molecule has 2 aliphatic carbocycles. The van der Waals surface area contributed by atoms with Crippen LogP contribution < -0.4 is 10.8 Å². The van der Waals surface area contributed by atoms with Crippen molar-refractivity contribution in [2.24, 2.45) is 40.5 Å². The summed E-state index contributed by atoms with van der Waals surface area (Å²) in [4.78, 5) is 51.7. The summed E-state index contributed by atoms with van der Waals surface area (Å²) in [6.45, 7) is 23.1. The lowest BCUT2D eigenvalue weighted by atomic mass is 9.75. The molecule has 10 nitrogen and oxygen atoms in total. The second-order valence-corrected chi connectivity index (χ2v) is 14.4. The van der Waals surface area contributed by atoms with Gasteiger partial charge in [0.05, 0.1) is 18.4 Å². The molecule has 0 saturated heterocycles. The maximum atomic E-state index is 13.7. The molecule has 1 aliphatic heterocycles. The van der Waals surface area contributed by atoms with E-state index in [0.29, 0.717) is 52.9 Å². The number of amidine groups is 1. The maximum absolute atomic E-state index is 13.7. The first kappa shape index (κ1) is 35.9. The number of aliphatic imine (C=N–C) groups is 1. The molecule has 0 spiro atoms. The third-order valence-electron chi connectivity index (χ3n) is 10.1. The third kappa shape index (κ3) is 7.94. The van der Waals surface area contributed by atoms with Gasteiger partial charge in [-0.15, -0.1) is 0 Å². The molecule has 2 heterocycles. The van der Waals surface area contributed by atoms with Crippen LogP contribution in [-0.2, 0) is 35.5 Å². The van der Waals surface area contributed by atoms with Crippen LogP contribution in [0.5, 0.6) is 0 Å². The summed E-state index contributed by atoms with van der Waals surface area (Å²) in [5, 5.41) is 2.77. The molecule has 0 bridgehead atoms. The van der Waals surface area contributed by atoms with Gasteiger partial charge >= 0.3 is 5.97 Å². The Hall–Kier alpha value is -2.95. The van der Waals surface area contributed by atoms with Gasteiger partial charge in [-0.1, -0.05) is 41.5 Å². The molecule has 2 saturated carbocycles. The zero-order valence-electron chi connectivity index (χ0n) is 29.8. The first-order valence-electron chi connectivity index (χ1n) is 17.1. The van der Waals surface area contributed by atoms with Crippen LogP contribution in [0.1, 0.15) is 112 Å². The Morgan fingerprint density at radius 2 is 1.46 bits per heavy atom. The van der Waals surface area contributed by atoms with Crippen LogP contribution in [0.2, 0.25) is 0 Å². The Balaban J connectivity index is 1.64. The van der Waals surface area contributed by atoms with E-state index >= 15 is 0 Å². The predicted molar refractivity (Wildman–Crippen MR) is 180 cm³/mol. The zero-order valence-corrected chi connectivity index (χ0v) is 29.8. The third-order valence-corrected chi connectivity index (χ3v) is 10.1. The van der Waals surface area contributed by atoms with E-state index in [-0.39, 0.29) is 42.4 Å². The van der Waals surface area contributed by atoms with E-state index in [1.54, 1.807) is 0 Å². The molecule has 3 N–H and O–H groups in total. The molecule has 0 radical (unpaired) electrons. The molecule has 0 aromatic carbocycles. The van der Waals surface area contributed by atoms with E-state index < -0.39 is 5.97 Å². The van der Waals surface area contributed by atoms with E-state index in [1.807, 2.05) is 27.7 Å². The fraction of sp³-hybridized carbons (Fsp3) is 0.694. The molecule has 1 aromatic heterocycles. The van der Waals surface area contributed by atoms with Gasteiger partial charge in [-0.25, -0.2) is 19.6 Å². The number of nitrogens with one attached hydrogen (secondary N) is 3. The number of anilines is 1. The van der Waals surface area contributed by atoms with Crippen LogP contribution >= 0.6 is 0 Å². The quantitative estimate of drug-likeness (QED) is 0.138.